The highest BCUT2D eigenvalue weighted by molar-refractivity contribution is 5.83. The molecule has 19 heavy (non-hydrogen) atoms. The van der Waals surface area contributed by atoms with Gasteiger partial charge in [-0.05, 0) is 36.3 Å². The zero-order valence-corrected chi connectivity index (χ0v) is 11.2. The fourth-order valence-corrected chi connectivity index (χ4v) is 2.56. The van der Waals surface area contributed by atoms with Crippen molar-refractivity contribution in [3.63, 3.8) is 0 Å². The third kappa shape index (κ3) is 2.83. The minimum atomic E-state index is 0.750. The van der Waals surface area contributed by atoms with Crippen molar-refractivity contribution in [2.75, 3.05) is 0 Å². The molecule has 2 nitrogen and oxygen atoms in total. The molecule has 0 bridgehead atoms. The average Bonchev–Trinajstić information content (AvgIpc) is 3.17. The summed E-state index contributed by atoms with van der Waals surface area (Å²) in [6.07, 6.45) is 12.1. The van der Waals surface area contributed by atoms with Crippen LogP contribution in [0.2, 0.25) is 0 Å². The van der Waals surface area contributed by atoms with Gasteiger partial charge in [0.15, 0.2) is 0 Å². The topological polar surface area (TPSA) is 17.0 Å². The Morgan fingerprint density at radius 2 is 2.21 bits per heavy atom. The maximum Gasteiger partial charge on any atom is 0.0525 e. The second-order valence-corrected chi connectivity index (χ2v) is 5.33. The normalized spacial score (nSPS) is 14.7. The number of rotatable bonds is 6. The molecular formula is C17H20N2. The molecule has 0 spiro atoms. The summed E-state index contributed by atoms with van der Waals surface area (Å²) in [4.78, 5) is 0. The Bertz CT molecular complexity index is 599. The number of hydrogen-bond acceptors (Lipinski definition) is 1. The van der Waals surface area contributed by atoms with Gasteiger partial charge in [-0.2, -0.15) is 0 Å². The van der Waals surface area contributed by atoms with Crippen molar-refractivity contribution in [1.29, 1.82) is 0 Å². The number of fused-ring (bicyclic) bond motifs is 1. The molecule has 2 aromatic rings. The summed E-state index contributed by atoms with van der Waals surface area (Å²) in [6, 6.07) is 9.52. The van der Waals surface area contributed by atoms with Gasteiger partial charge in [-0.1, -0.05) is 18.2 Å². The molecule has 1 saturated carbocycles. The largest absolute Gasteiger partial charge is 0.347 e. The molecule has 0 amide bonds. The number of aromatic nitrogens is 1. The first kappa shape index (κ1) is 12.3. The first-order valence-electron chi connectivity index (χ1n) is 7.12. The lowest BCUT2D eigenvalue weighted by Gasteiger charge is -2.10. The van der Waals surface area contributed by atoms with E-state index >= 15 is 0 Å². The lowest BCUT2D eigenvalue weighted by molar-refractivity contribution is 0.662. The summed E-state index contributed by atoms with van der Waals surface area (Å²) in [5, 5.41) is 4.93. The van der Waals surface area contributed by atoms with Crippen LogP contribution in [-0.4, -0.2) is 10.6 Å². The van der Waals surface area contributed by atoms with E-state index in [9.17, 15) is 0 Å². The van der Waals surface area contributed by atoms with Crippen LogP contribution in [0.4, 0.5) is 0 Å². The molecule has 1 aliphatic carbocycles. The number of aryl methyl sites for hydroxylation is 1. The Morgan fingerprint density at radius 3 is 3.00 bits per heavy atom. The molecule has 98 valence electrons. The van der Waals surface area contributed by atoms with Crippen molar-refractivity contribution in [2.45, 2.75) is 44.8 Å². The van der Waals surface area contributed by atoms with Crippen LogP contribution in [0.5, 0.6) is 0 Å². The monoisotopic (exact) mass is 252 g/mol. The van der Waals surface area contributed by atoms with Crippen LogP contribution < -0.4 is 5.32 Å². The molecule has 1 aromatic heterocycles. The van der Waals surface area contributed by atoms with Gasteiger partial charge < -0.3 is 9.88 Å². The summed E-state index contributed by atoms with van der Waals surface area (Å²) >= 11 is 0. The zero-order chi connectivity index (χ0) is 13.1. The number of para-hydroxylation sites is 1. The average molecular weight is 252 g/mol. The maximum atomic E-state index is 5.33. The summed E-state index contributed by atoms with van der Waals surface area (Å²) in [6.45, 7) is 1.98. The molecule has 0 unspecified atom stereocenters. The van der Waals surface area contributed by atoms with Gasteiger partial charge in [0.25, 0.3) is 0 Å². The minimum absolute atomic E-state index is 0.750. The Kier molecular flexibility index (Phi) is 3.57. The van der Waals surface area contributed by atoms with E-state index < -0.39 is 0 Å². The van der Waals surface area contributed by atoms with Gasteiger partial charge in [0.1, 0.15) is 0 Å². The van der Waals surface area contributed by atoms with Crippen LogP contribution in [0, 0.1) is 12.3 Å². The van der Waals surface area contributed by atoms with Gasteiger partial charge in [-0.25, -0.2) is 0 Å². The number of benzene rings is 1. The molecule has 1 heterocycles. The van der Waals surface area contributed by atoms with Crippen molar-refractivity contribution < 1.29 is 0 Å². The van der Waals surface area contributed by atoms with E-state index in [1.807, 2.05) is 0 Å². The van der Waals surface area contributed by atoms with Crippen molar-refractivity contribution in [2.24, 2.45) is 0 Å². The Morgan fingerprint density at radius 1 is 1.32 bits per heavy atom. The van der Waals surface area contributed by atoms with Gasteiger partial charge in [-0.3, -0.25) is 0 Å². The molecule has 0 radical (unpaired) electrons. The molecule has 1 aromatic carbocycles. The fraction of sp³-hybridized carbons (Fsp3) is 0.412. The van der Waals surface area contributed by atoms with Crippen molar-refractivity contribution in [3.05, 3.63) is 36.0 Å². The SMILES string of the molecule is C#CCCCn1ccc2cccc(CNC3CC3)c21. The summed E-state index contributed by atoms with van der Waals surface area (Å²) < 4.78 is 2.34. The third-order valence-corrected chi connectivity index (χ3v) is 3.75. The van der Waals surface area contributed by atoms with Crippen LogP contribution in [0.3, 0.4) is 0 Å². The van der Waals surface area contributed by atoms with Gasteiger partial charge in [0, 0.05) is 31.7 Å². The first-order chi connectivity index (χ1) is 9.38. The quantitative estimate of drug-likeness (QED) is 0.616. The lowest BCUT2D eigenvalue weighted by atomic mass is 10.1. The second-order valence-electron chi connectivity index (χ2n) is 5.33. The molecule has 1 fully saturated rings. The zero-order valence-electron chi connectivity index (χ0n) is 11.2. The Balaban J connectivity index is 1.82. The lowest BCUT2D eigenvalue weighted by Crippen LogP contribution is -2.16. The van der Waals surface area contributed by atoms with Crippen LogP contribution in [0.25, 0.3) is 10.9 Å². The Hall–Kier alpha value is -1.72. The number of hydrogen-bond donors (Lipinski definition) is 1. The predicted octanol–water partition coefficient (Wildman–Crippen LogP) is 3.31. The number of terminal acetylenes is 1. The van der Waals surface area contributed by atoms with Crippen molar-refractivity contribution >= 4 is 10.9 Å². The van der Waals surface area contributed by atoms with Crippen LogP contribution in [0.1, 0.15) is 31.2 Å². The summed E-state index contributed by atoms with van der Waals surface area (Å²) in [5.74, 6) is 2.72. The van der Waals surface area contributed by atoms with E-state index in [-0.39, 0.29) is 0 Å². The van der Waals surface area contributed by atoms with E-state index in [0.29, 0.717) is 0 Å². The molecule has 3 rings (SSSR count). The second kappa shape index (κ2) is 5.50. The highest BCUT2D eigenvalue weighted by Crippen LogP contribution is 2.23. The smallest absolute Gasteiger partial charge is 0.0525 e. The predicted molar refractivity (Wildman–Crippen MR) is 79.9 cm³/mol. The van der Waals surface area contributed by atoms with Gasteiger partial charge >= 0.3 is 0 Å². The van der Waals surface area contributed by atoms with Crippen LogP contribution in [0.15, 0.2) is 30.5 Å². The molecule has 0 saturated heterocycles. The van der Waals surface area contributed by atoms with Crippen LogP contribution >= 0.6 is 0 Å². The van der Waals surface area contributed by atoms with E-state index in [0.717, 1.165) is 32.0 Å². The van der Waals surface area contributed by atoms with Crippen molar-refractivity contribution in [3.8, 4) is 12.3 Å². The highest BCUT2D eigenvalue weighted by Gasteiger charge is 2.20. The molecule has 2 heteroatoms. The van der Waals surface area contributed by atoms with Crippen molar-refractivity contribution in [1.82, 2.24) is 9.88 Å². The van der Waals surface area contributed by atoms with E-state index in [1.54, 1.807) is 0 Å². The molecule has 0 atom stereocenters. The number of nitrogens with zero attached hydrogens (tertiary/aromatic N) is 1. The molecule has 0 aliphatic heterocycles. The van der Waals surface area contributed by atoms with E-state index in [4.69, 9.17) is 6.42 Å². The van der Waals surface area contributed by atoms with Crippen LogP contribution in [-0.2, 0) is 13.1 Å². The summed E-state index contributed by atoms with van der Waals surface area (Å²) in [5.41, 5.74) is 2.77. The summed E-state index contributed by atoms with van der Waals surface area (Å²) in [7, 11) is 0. The fourth-order valence-electron chi connectivity index (χ4n) is 2.56. The van der Waals surface area contributed by atoms with E-state index in [2.05, 4.69) is 46.3 Å². The minimum Gasteiger partial charge on any atom is -0.347 e. The highest BCUT2D eigenvalue weighted by atomic mass is 15.0. The van der Waals surface area contributed by atoms with E-state index in [1.165, 1.54) is 29.3 Å². The molecular weight excluding hydrogens is 232 g/mol. The van der Waals surface area contributed by atoms with Gasteiger partial charge in [-0.15, -0.1) is 12.3 Å². The standard InChI is InChI=1S/C17H20N2/c1-2-3-4-11-19-12-10-14-6-5-7-15(17(14)19)13-18-16-8-9-16/h1,5-7,10,12,16,18H,3-4,8-9,11,13H2. The van der Waals surface area contributed by atoms with Gasteiger partial charge in [0.05, 0.1) is 5.52 Å². The number of unbranched alkanes of at least 4 members (excludes halogenated alkanes) is 1. The Labute approximate surface area is 114 Å². The third-order valence-electron chi connectivity index (χ3n) is 3.75. The molecule has 1 aliphatic rings. The number of nitrogens with one attached hydrogen (secondary N) is 1. The maximum absolute atomic E-state index is 5.33. The molecule has 1 N–H and O–H groups in total. The van der Waals surface area contributed by atoms with Gasteiger partial charge in [0.2, 0.25) is 0 Å². The first-order valence-corrected chi connectivity index (χ1v) is 7.12.